The van der Waals surface area contributed by atoms with Crippen LogP contribution >= 0.6 is 0 Å². The van der Waals surface area contributed by atoms with Gasteiger partial charge in [-0.25, -0.2) is 0 Å². The van der Waals surface area contributed by atoms with Crippen LogP contribution in [0.5, 0.6) is 0 Å². The van der Waals surface area contributed by atoms with E-state index in [1.54, 1.807) is 11.0 Å². The summed E-state index contributed by atoms with van der Waals surface area (Å²) in [5.74, 6) is -1.18. The van der Waals surface area contributed by atoms with Gasteiger partial charge in [0.1, 0.15) is 0 Å². The number of hydrogen-bond donors (Lipinski definition) is 1. The minimum Gasteiger partial charge on any atom is -0.481 e. The van der Waals surface area contributed by atoms with Gasteiger partial charge in [-0.3, -0.25) is 9.59 Å². The summed E-state index contributed by atoms with van der Waals surface area (Å²) in [6.45, 7) is 8.11. The summed E-state index contributed by atoms with van der Waals surface area (Å²) in [5, 5.41) is 8.92. The third kappa shape index (κ3) is 3.32. The Labute approximate surface area is 102 Å². The van der Waals surface area contributed by atoms with Gasteiger partial charge in [-0.2, -0.15) is 0 Å². The van der Waals surface area contributed by atoms with Gasteiger partial charge in [0, 0.05) is 18.5 Å². The molecule has 0 radical (unpaired) electrons. The van der Waals surface area contributed by atoms with Gasteiger partial charge < -0.3 is 10.0 Å². The summed E-state index contributed by atoms with van der Waals surface area (Å²) in [6, 6.07) is 0.129. The van der Waals surface area contributed by atoms with Crippen molar-refractivity contribution in [1.29, 1.82) is 0 Å². The molecule has 0 aromatic carbocycles. The first kappa shape index (κ1) is 13.7. The van der Waals surface area contributed by atoms with Crippen molar-refractivity contribution in [3.63, 3.8) is 0 Å². The molecule has 0 aromatic heterocycles. The third-order valence-corrected chi connectivity index (χ3v) is 3.36. The van der Waals surface area contributed by atoms with E-state index in [1.165, 1.54) is 0 Å². The normalized spacial score (nSPS) is 23.7. The number of rotatable bonds is 5. The fraction of sp³-hybridized carbons (Fsp3) is 0.692. The minimum atomic E-state index is -0.778. The zero-order valence-corrected chi connectivity index (χ0v) is 10.6. The van der Waals surface area contributed by atoms with Gasteiger partial charge in [0.15, 0.2) is 0 Å². The molecular formula is C13H21NO3. The zero-order chi connectivity index (χ0) is 13.0. The largest absolute Gasteiger partial charge is 0.481 e. The van der Waals surface area contributed by atoms with E-state index in [0.29, 0.717) is 25.8 Å². The van der Waals surface area contributed by atoms with Crippen LogP contribution in [0, 0.1) is 11.8 Å². The van der Waals surface area contributed by atoms with E-state index in [1.807, 2.05) is 13.8 Å². The molecule has 1 aliphatic carbocycles. The Morgan fingerprint density at radius 2 is 2.00 bits per heavy atom. The molecule has 2 atom stereocenters. The van der Waals surface area contributed by atoms with Crippen molar-refractivity contribution in [1.82, 2.24) is 4.90 Å². The Morgan fingerprint density at radius 3 is 2.41 bits per heavy atom. The second-order valence-corrected chi connectivity index (χ2v) is 4.92. The van der Waals surface area contributed by atoms with Gasteiger partial charge in [0.25, 0.3) is 0 Å². The number of nitrogens with zero attached hydrogens (tertiary/aromatic N) is 1. The van der Waals surface area contributed by atoms with E-state index in [9.17, 15) is 9.59 Å². The van der Waals surface area contributed by atoms with Gasteiger partial charge in [-0.15, -0.1) is 6.58 Å². The highest BCUT2D eigenvalue weighted by molar-refractivity contribution is 5.81. The number of amides is 1. The monoisotopic (exact) mass is 239 g/mol. The minimum absolute atomic E-state index is 0.0728. The SMILES string of the molecule is C=CCN(C(=O)[C@@H]1CC[C@H](C(=O)O)C1)C(C)C. The molecule has 4 heteroatoms. The molecule has 0 bridgehead atoms. The number of carbonyl (C=O) groups excluding carboxylic acids is 1. The topological polar surface area (TPSA) is 57.6 Å². The highest BCUT2D eigenvalue weighted by atomic mass is 16.4. The first-order chi connectivity index (χ1) is 7.97. The Morgan fingerprint density at radius 1 is 1.41 bits per heavy atom. The third-order valence-electron chi connectivity index (χ3n) is 3.36. The van der Waals surface area contributed by atoms with E-state index < -0.39 is 5.97 Å². The van der Waals surface area contributed by atoms with E-state index >= 15 is 0 Å². The summed E-state index contributed by atoms with van der Waals surface area (Å²) in [7, 11) is 0. The van der Waals surface area contributed by atoms with E-state index in [0.717, 1.165) is 0 Å². The van der Waals surface area contributed by atoms with Crippen molar-refractivity contribution >= 4 is 11.9 Å². The molecule has 4 nitrogen and oxygen atoms in total. The fourth-order valence-electron chi connectivity index (χ4n) is 2.36. The highest BCUT2D eigenvalue weighted by Crippen LogP contribution is 2.32. The average Bonchev–Trinajstić information content (AvgIpc) is 2.73. The maximum absolute atomic E-state index is 12.2. The number of carboxylic acid groups (broad SMARTS) is 1. The molecule has 0 aromatic rings. The van der Waals surface area contributed by atoms with Crippen LogP contribution in [0.15, 0.2) is 12.7 Å². The molecule has 0 heterocycles. The van der Waals surface area contributed by atoms with Crippen molar-refractivity contribution in [3.05, 3.63) is 12.7 Å². The van der Waals surface area contributed by atoms with Gasteiger partial charge in [0.05, 0.1) is 5.92 Å². The quantitative estimate of drug-likeness (QED) is 0.746. The maximum Gasteiger partial charge on any atom is 0.306 e. The molecule has 0 unspecified atom stereocenters. The molecule has 1 fully saturated rings. The summed E-state index contributed by atoms with van der Waals surface area (Å²) in [6.07, 6.45) is 3.50. The Hall–Kier alpha value is -1.32. The molecule has 1 rings (SSSR count). The van der Waals surface area contributed by atoms with Crippen molar-refractivity contribution in [2.45, 2.75) is 39.2 Å². The predicted molar refractivity (Wildman–Crippen MR) is 65.5 cm³/mol. The molecule has 17 heavy (non-hydrogen) atoms. The number of hydrogen-bond acceptors (Lipinski definition) is 2. The van der Waals surface area contributed by atoms with Crippen LogP contribution in [0.25, 0.3) is 0 Å². The first-order valence-electron chi connectivity index (χ1n) is 6.11. The van der Waals surface area contributed by atoms with Gasteiger partial charge in [-0.05, 0) is 33.1 Å². The van der Waals surface area contributed by atoms with Gasteiger partial charge in [0.2, 0.25) is 5.91 Å². The molecule has 1 N–H and O–H groups in total. The van der Waals surface area contributed by atoms with E-state index in [4.69, 9.17) is 5.11 Å². The molecule has 0 spiro atoms. The lowest BCUT2D eigenvalue weighted by Crippen LogP contribution is -2.40. The molecule has 0 saturated heterocycles. The van der Waals surface area contributed by atoms with Crippen LogP contribution < -0.4 is 0 Å². The zero-order valence-electron chi connectivity index (χ0n) is 10.6. The van der Waals surface area contributed by atoms with Gasteiger partial charge >= 0.3 is 5.97 Å². The lowest BCUT2D eigenvalue weighted by Gasteiger charge is -2.28. The Balaban J connectivity index is 2.63. The lowest BCUT2D eigenvalue weighted by atomic mass is 10.0. The van der Waals surface area contributed by atoms with Crippen molar-refractivity contribution in [3.8, 4) is 0 Å². The molecule has 1 aliphatic rings. The number of carbonyl (C=O) groups is 2. The van der Waals surface area contributed by atoms with Crippen molar-refractivity contribution in [2.24, 2.45) is 11.8 Å². The second kappa shape index (κ2) is 5.84. The average molecular weight is 239 g/mol. The van der Waals surface area contributed by atoms with E-state index in [-0.39, 0.29) is 23.8 Å². The summed E-state index contributed by atoms with van der Waals surface area (Å²) in [4.78, 5) is 24.9. The molecule has 1 amide bonds. The van der Waals surface area contributed by atoms with Crippen LogP contribution in [-0.4, -0.2) is 34.5 Å². The molecular weight excluding hydrogens is 218 g/mol. The molecule has 0 aliphatic heterocycles. The Kier molecular flexibility index (Phi) is 4.73. The maximum atomic E-state index is 12.2. The van der Waals surface area contributed by atoms with Gasteiger partial charge in [-0.1, -0.05) is 6.08 Å². The number of aliphatic carboxylic acids is 1. The van der Waals surface area contributed by atoms with Crippen LogP contribution in [0.1, 0.15) is 33.1 Å². The molecule has 96 valence electrons. The van der Waals surface area contributed by atoms with Crippen molar-refractivity contribution < 1.29 is 14.7 Å². The van der Waals surface area contributed by atoms with Crippen LogP contribution in [0.4, 0.5) is 0 Å². The standard InChI is InChI=1S/C13H21NO3/c1-4-7-14(9(2)3)12(15)10-5-6-11(8-10)13(16)17/h4,9-11H,1,5-8H2,2-3H3,(H,16,17)/t10-,11+/m1/s1. The first-order valence-corrected chi connectivity index (χ1v) is 6.11. The Bertz CT molecular complexity index is 312. The highest BCUT2D eigenvalue weighted by Gasteiger charge is 2.36. The summed E-state index contributed by atoms with van der Waals surface area (Å²) < 4.78 is 0. The van der Waals surface area contributed by atoms with Crippen LogP contribution in [-0.2, 0) is 9.59 Å². The lowest BCUT2D eigenvalue weighted by molar-refractivity contribution is -0.141. The fourth-order valence-corrected chi connectivity index (χ4v) is 2.36. The molecule has 1 saturated carbocycles. The number of carboxylic acids is 1. The van der Waals surface area contributed by atoms with Crippen LogP contribution in [0.2, 0.25) is 0 Å². The van der Waals surface area contributed by atoms with Crippen molar-refractivity contribution in [2.75, 3.05) is 6.54 Å². The predicted octanol–water partition coefficient (Wildman–Crippen LogP) is 1.91. The van der Waals surface area contributed by atoms with E-state index in [2.05, 4.69) is 6.58 Å². The van der Waals surface area contributed by atoms with Crippen LogP contribution in [0.3, 0.4) is 0 Å². The summed E-state index contributed by atoms with van der Waals surface area (Å²) in [5.41, 5.74) is 0. The smallest absolute Gasteiger partial charge is 0.306 e. The summed E-state index contributed by atoms with van der Waals surface area (Å²) >= 11 is 0. The second-order valence-electron chi connectivity index (χ2n) is 4.92.